The molecule has 1 amide bonds. The number of carbonyl (C=O) groups excluding carboxylic acids is 1. The summed E-state index contributed by atoms with van der Waals surface area (Å²) in [5.74, 6) is -0.274. The summed E-state index contributed by atoms with van der Waals surface area (Å²) >= 11 is 0. The Morgan fingerprint density at radius 1 is 1.33 bits per heavy atom. The number of rotatable bonds is 0. The van der Waals surface area contributed by atoms with Gasteiger partial charge in [-0.15, -0.1) is 0 Å². The van der Waals surface area contributed by atoms with Crippen LogP contribution in [0.2, 0.25) is 0 Å². The third kappa shape index (κ3) is 1.93. The number of aryl methyl sites for hydroxylation is 1. The van der Waals surface area contributed by atoms with Gasteiger partial charge in [0.2, 0.25) is 5.91 Å². The maximum absolute atomic E-state index is 12.3. The predicted molar refractivity (Wildman–Crippen MR) is 46.2 cm³/mol. The van der Waals surface area contributed by atoms with E-state index in [0.29, 0.717) is 12.1 Å². The van der Waals surface area contributed by atoms with Crippen LogP contribution in [0.1, 0.15) is 17.7 Å². The molecule has 0 spiro atoms. The fraction of sp³-hybridized carbons (Fsp3) is 0.333. The Hall–Kier alpha value is -1.59. The van der Waals surface area contributed by atoms with Crippen LogP contribution in [0.3, 0.4) is 0 Å². The summed E-state index contributed by atoms with van der Waals surface area (Å²) in [5, 5.41) is 2.37. The minimum absolute atomic E-state index is 0.168. The van der Waals surface area contributed by atoms with Crippen LogP contribution in [-0.2, 0) is 17.4 Å². The molecule has 0 atom stereocenters. The second kappa shape index (κ2) is 3.22. The van der Waals surface area contributed by atoms with Gasteiger partial charge in [0.05, 0.1) is 16.9 Å². The molecule has 2 rings (SSSR count). The molecule has 0 fully saturated rings. The second-order valence-corrected chi connectivity index (χ2v) is 3.26. The van der Waals surface area contributed by atoms with Crippen molar-refractivity contribution in [3.8, 4) is 0 Å². The first-order valence-corrected chi connectivity index (χ1v) is 4.33. The van der Waals surface area contributed by atoms with E-state index < -0.39 is 11.7 Å². The van der Waals surface area contributed by atoms with Crippen molar-refractivity contribution >= 4 is 11.6 Å². The van der Waals surface area contributed by atoms with Gasteiger partial charge in [-0.25, -0.2) is 0 Å². The normalized spacial score (nSPS) is 15.8. The maximum Gasteiger partial charge on any atom is 0.417 e. The van der Waals surface area contributed by atoms with Gasteiger partial charge in [-0.05, 0) is 6.07 Å². The van der Waals surface area contributed by atoms with E-state index in [0.717, 1.165) is 12.3 Å². The molecule has 1 aromatic rings. The van der Waals surface area contributed by atoms with Crippen molar-refractivity contribution in [2.24, 2.45) is 0 Å². The predicted octanol–water partition coefficient (Wildman–Crippen LogP) is 1.99. The van der Waals surface area contributed by atoms with Crippen LogP contribution < -0.4 is 5.32 Å². The van der Waals surface area contributed by atoms with E-state index in [9.17, 15) is 18.0 Å². The molecule has 1 aliphatic heterocycles. The van der Waals surface area contributed by atoms with Crippen molar-refractivity contribution < 1.29 is 18.0 Å². The smallest absolute Gasteiger partial charge is 0.324 e. The highest BCUT2D eigenvalue weighted by molar-refractivity contribution is 5.93. The van der Waals surface area contributed by atoms with E-state index >= 15 is 0 Å². The molecule has 3 nitrogen and oxygen atoms in total. The Balaban J connectivity index is 2.41. The Bertz CT molecular complexity index is 414. The topological polar surface area (TPSA) is 42.0 Å². The zero-order valence-corrected chi connectivity index (χ0v) is 7.56. The zero-order valence-electron chi connectivity index (χ0n) is 7.56. The number of alkyl halides is 3. The molecule has 80 valence electrons. The van der Waals surface area contributed by atoms with Gasteiger partial charge in [0.25, 0.3) is 0 Å². The van der Waals surface area contributed by atoms with Gasteiger partial charge in [0, 0.05) is 19.0 Å². The van der Waals surface area contributed by atoms with Gasteiger partial charge >= 0.3 is 6.18 Å². The summed E-state index contributed by atoms with van der Waals surface area (Å²) in [6.07, 6.45) is -2.98. The first kappa shape index (κ1) is 9.95. The van der Waals surface area contributed by atoms with Crippen molar-refractivity contribution in [3.63, 3.8) is 0 Å². The molecule has 0 aromatic carbocycles. The number of anilines is 1. The minimum Gasteiger partial charge on any atom is -0.324 e. The number of fused-ring (bicyclic) bond motifs is 1. The van der Waals surface area contributed by atoms with Gasteiger partial charge in [-0.1, -0.05) is 0 Å². The number of nitrogens with zero attached hydrogens (tertiary/aromatic N) is 1. The van der Waals surface area contributed by atoms with Gasteiger partial charge < -0.3 is 5.32 Å². The number of hydrogen-bond acceptors (Lipinski definition) is 2. The molecular weight excluding hydrogens is 209 g/mol. The Morgan fingerprint density at radius 3 is 2.73 bits per heavy atom. The largest absolute Gasteiger partial charge is 0.417 e. The molecule has 0 saturated carbocycles. The van der Waals surface area contributed by atoms with E-state index in [1.54, 1.807) is 0 Å². The number of amides is 1. The Morgan fingerprint density at radius 2 is 2.07 bits per heavy atom. The van der Waals surface area contributed by atoms with Crippen LogP contribution in [0.5, 0.6) is 0 Å². The number of aromatic nitrogens is 1. The second-order valence-electron chi connectivity index (χ2n) is 3.26. The standard InChI is InChI=1S/C9H7F3N2O/c10-9(11,12)5-3-7-6(13-4-5)1-2-8(15)14-7/h3-4H,1-2H2,(H,14,15). The lowest BCUT2D eigenvalue weighted by molar-refractivity contribution is -0.137. The van der Waals surface area contributed by atoms with Gasteiger partial charge in [0.15, 0.2) is 0 Å². The highest BCUT2D eigenvalue weighted by Gasteiger charge is 2.32. The first-order chi connectivity index (χ1) is 6.97. The molecule has 2 heterocycles. The molecule has 1 aliphatic rings. The average molecular weight is 216 g/mol. The third-order valence-electron chi connectivity index (χ3n) is 2.16. The fourth-order valence-electron chi connectivity index (χ4n) is 1.40. The lowest BCUT2D eigenvalue weighted by atomic mass is 10.1. The summed E-state index contributed by atoms with van der Waals surface area (Å²) in [4.78, 5) is 14.7. The number of halogens is 3. The van der Waals surface area contributed by atoms with Gasteiger partial charge in [-0.2, -0.15) is 13.2 Å². The highest BCUT2D eigenvalue weighted by Crippen LogP contribution is 2.32. The quantitative estimate of drug-likeness (QED) is 0.720. The first-order valence-electron chi connectivity index (χ1n) is 4.33. The van der Waals surface area contributed by atoms with Crippen LogP contribution in [0.15, 0.2) is 12.3 Å². The Labute approximate surface area is 83.3 Å². The molecular formula is C9H7F3N2O. The van der Waals surface area contributed by atoms with Gasteiger partial charge in [0.1, 0.15) is 0 Å². The fourth-order valence-corrected chi connectivity index (χ4v) is 1.40. The summed E-state index contributed by atoms with van der Waals surface area (Å²) in [5.41, 5.74) is -0.174. The van der Waals surface area contributed by atoms with Crippen molar-refractivity contribution in [1.82, 2.24) is 4.98 Å². The third-order valence-corrected chi connectivity index (χ3v) is 2.16. The molecule has 0 saturated heterocycles. The van der Waals surface area contributed by atoms with Crippen LogP contribution >= 0.6 is 0 Å². The van der Waals surface area contributed by atoms with Crippen molar-refractivity contribution in [2.45, 2.75) is 19.0 Å². The highest BCUT2D eigenvalue weighted by atomic mass is 19.4. The summed E-state index contributed by atoms with van der Waals surface area (Å²) in [6, 6.07) is 0.916. The lowest BCUT2D eigenvalue weighted by Crippen LogP contribution is -2.21. The van der Waals surface area contributed by atoms with Crippen molar-refractivity contribution in [2.75, 3.05) is 5.32 Å². The summed E-state index contributed by atoms with van der Waals surface area (Å²) in [6.45, 7) is 0. The average Bonchev–Trinajstić information content (AvgIpc) is 2.15. The van der Waals surface area contributed by atoms with Crippen molar-refractivity contribution in [1.29, 1.82) is 0 Å². The van der Waals surface area contributed by atoms with E-state index in [2.05, 4.69) is 10.3 Å². The summed E-state index contributed by atoms with van der Waals surface area (Å²) < 4.78 is 36.9. The number of carbonyl (C=O) groups is 1. The van der Waals surface area contributed by atoms with E-state index in [1.165, 1.54) is 0 Å². The minimum atomic E-state index is -4.43. The zero-order chi connectivity index (χ0) is 11.1. The molecule has 0 unspecified atom stereocenters. The van der Waals surface area contributed by atoms with Crippen LogP contribution in [0, 0.1) is 0 Å². The van der Waals surface area contributed by atoms with Crippen LogP contribution in [-0.4, -0.2) is 10.9 Å². The number of nitrogens with one attached hydrogen (secondary N) is 1. The SMILES string of the molecule is O=C1CCc2ncc(C(F)(F)F)cc2N1. The summed E-state index contributed by atoms with van der Waals surface area (Å²) in [7, 11) is 0. The molecule has 0 radical (unpaired) electrons. The van der Waals surface area contributed by atoms with E-state index in [4.69, 9.17) is 0 Å². The van der Waals surface area contributed by atoms with Crippen molar-refractivity contribution in [3.05, 3.63) is 23.5 Å². The maximum atomic E-state index is 12.3. The molecule has 0 aliphatic carbocycles. The molecule has 0 bridgehead atoms. The molecule has 6 heteroatoms. The van der Waals surface area contributed by atoms with Gasteiger partial charge in [-0.3, -0.25) is 9.78 Å². The molecule has 1 aromatic heterocycles. The monoisotopic (exact) mass is 216 g/mol. The van der Waals surface area contributed by atoms with E-state index in [-0.39, 0.29) is 18.0 Å². The lowest BCUT2D eigenvalue weighted by Gasteiger charge is -2.17. The van der Waals surface area contributed by atoms with Crippen LogP contribution in [0.4, 0.5) is 18.9 Å². The molecule has 1 N–H and O–H groups in total. The number of hydrogen-bond donors (Lipinski definition) is 1. The van der Waals surface area contributed by atoms with E-state index in [1.807, 2.05) is 0 Å². The molecule has 15 heavy (non-hydrogen) atoms. The van der Waals surface area contributed by atoms with Crippen LogP contribution in [0.25, 0.3) is 0 Å². The number of pyridine rings is 1. The Kier molecular flexibility index (Phi) is 2.13.